The summed E-state index contributed by atoms with van der Waals surface area (Å²) in [5.74, 6) is -0.642. The third-order valence-corrected chi connectivity index (χ3v) is 5.94. The Hall–Kier alpha value is -2.18. The van der Waals surface area contributed by atoms with Crippen molar-refractivity contribution in [2.24, 2.45) is 0 Å². The molecule has 0 aliphatic heterocycles. The first kappa shape index (κ1) is 20.6. The van der Waals surface area contributed by atoms with E-state index in [4.69, 9.17) is 9.94 Å². The Morgan fingerprint density at radius 2 is 1.93 bits per heavy atom. The molecule has 2 aliphatic carbocycles. The van der Waals surface area contributed by atoms with E-state index in [2.05, 4.69) is 5.32 Å². The Labute approximate surface area is 166 Å². The molecule has 0 atom stereocenters. The van der Waals surface area contributed by atoms with Crippen LogP contribution in [-0.2, 0) is 20.9 Å². The van der Waals surface area contributed by atoms with Crippen LogP contribution in [0.4, 0.5) is 0 Å². The monoisotopic (exact) mass is 386 g/mol. The van der Waals surface area contributed by atoms with Gasteiger partial charge in [-0.1, -0.05) is 31.0 Å². The number of esters is 1. The zero-order chi connectivity index (χ0) is 20.0. The summed E-state index contributed by atoms with van der Waals surface area (Å²) < 4.78 is 5.83. The van der Waals surface area contributed by atoms with Gasteiger partial charge in [0.1, 0.15) is 11.6 Å². The van der Waals surface area contributed by atoms with Crippen LogP contribution < -0.4 is 10.8 Å². The number of hydroxylamine groups is 1. The van der Waals surface area contributed by atoms with E-state index in [1.807, 2.05) is 25.1 Å². The minimum Gasteiger partial charge on any atom is -0.461 e. The van der Waals surface area contributed by atoms with E-state index in [1.165, 1.54) is 6.08 Å². The molecule has 3 N–H and O–H groups in total. The zero-order valence-corrected chi connectivity index (χ0v) is 16.5. The number of hydrogen-bond acceptors (Lipinski definition) is 5. The summed E-state index contributed by atoms with van der Waals surface area (Å²) >= 11 is 0. The second-order valence-corrected chi connectivity index (χ2v) is 7.95. The highest BCUT2D eigenvalue weighted by Crippen LogP contribution is 2.33. The lowest BCUT2D eigenvalue weighted by Gasteiger charge is -2.30. The first-order chi connectivity index (χ1) is 13.5. The van der Waals surface area contributed by atoms with Gasteiger partial charge in [-0.3, -0.25) is 20.1 Å². The van der Waals surface area contributed by atoms with Gasteiger partial charge in [0.25, 0.3) is 5.91 Å². The molecule has 2 fully saturated rings. The highest BCUT2D eigenvalue weighted by molar-refractivity contribution is 5.90. The van der Waals surface area contributed by atoms with Gasteiger partial charge in [0, 0.05) is 12.6 Å². The van der Waals surface area contributed by atoms with E-state index in [-0.39, 0.29) is 12.1 Å². The summed E-state index contributed by atoms with van der Waals surface area (Å²) in [4.78, 5) is 24.0. The normalized spacial score (nSPS) is 19.2. The van der Waals surface area contributed by atoms with Crippen molar-refractivity contribution >= 4 is 18.0 Å². The number of benzene rings is 1. The molecule has 0 aromatic heterocycles. The summed E-state index contributed by atoms with van der Waals surface area (Å²) in [6.07, 6.45) is 11.0. The van der Waals surface area contributed by atoms with E-state index >= 15 is 0 Å². The Kier molecular flexibility index (Phi) is 6.86. The fourth-order valence-electron chi connectivity index (χ4n) is 4.20. The van der Waals surface area contributed by atoms with Crippen LogP contribution in [0.1, 0.15) is 68.1 Å². The van der Waals surface area contributed by atoms with Gasteiger partial charge in [0.05, 0.1) is 0 Å². The van der Waals surface area contributed by atoms with E-state index < -0.39 is 11.4 Å². The van der Waals surface area contributed by atoms with Crippen LogP contribution in [-0.4, -0.2) is 28.7 Å². The minimum atomic E-state index is -0.563. The fraction of sp³-hybridized carbons (Fsp3) is 0.545. The van der Waals surface area contributed by atoms with Crippen LogP contribution in [0.2, 0.25) is 0 Å². The molecule has 0 unspecified atom stereocenters. The largest absolute Gasteiger partial charge is 0.461 e. The summed E-state index contributed by atoms with van der Waals surface area (Å²) in [5, 5.41) is 12.1. The van der Waals surface area contributed by atoms with Crippen molar-refractivity contribution in [2.75, 3.05) is 0 Å². The number of rotatable bonds is 7. The van der Waals surface area contributed by atoms with Crippen molar-refractivity contribution in [1.29, 1.82) is 0 Å². The van der Waals surface area contributed by atoms with Crippen LogP contribution >= 0.6 is 0 Å². The van der Waals surface area contributed by atoms with Gasteiger partial charge in [-0.05, 0) is 68.2 Å². The summed E-state index contributed by atoms with van der Waals surface area (Å²) in [6.45, 7) is 2.62. The predicted octanol–water partition coefficient (Wildman–Crippen LogP) is 3.40. The van der Waals surface area contributed by atoms with Gasteiger partial charge in [-0.15, -0.1) is 0 Å². The van der Waals surface area contributed by atoms with Crippen LogP contribution in [0.15, 0.2) is 24.3 Å². The van der Waals surface area contributed by atoms with E-state index in [0.717, 1.165) is 68.1 Å². The molecule has 6 heteroatoms. The molecule has 28 heavy (non-hydrogen) atoms. The maximum atomic E-state index is 12.9. The summed E-state index contributed by atoms with van der Waals surface area (Å²) in [6, 6.07) is 5.91. The van der Waals surface area contributed by atoms with Crippen molar-refractivity contribution < 1.29 is 19.5 Å². The van der Waals surface area contributed by atoms with E-state index in [1.54, 1.807) is 11.6 Å². The third-order valence-electron chi connectivity index (χ3n) is 5.94. The van der Waals surface area contributed by atoms with Gasteiger partial charge < -0.3 is 4.74 Å². The van der Waals surface area contributed by atoms with E-state index in [9.17, 15) is 9.59 Å². The molecule has 2 aliphatic rings. The molecular weight excluding hydrogens is 356 g/mol. The number of ether oxygens (including phenoxy) is 1. The van der Waals surface area contributed by atoms with Crippen LogP contribution in [0, 0.1) is 6.92 Å². The van der Waals surface area contributed by atoms with Crippen molar-refractivity contribution in [1.82, 2.24) is 10.8 Å². The molecule has 1 aromatic carbocycles. The number of carbonyl (C=O) groups excluding carboxylic acids is 2. The van der Waals surface area contributed by atoms with Gasteiger partial charge in [0.2, 0.25) is 0 Å². The Morgan fingerprint density at radius 1 is 1.21 bits per heavy atom. The predicted molar refractivity (Wildman–Crippen MR) is 107 cm³/mol. The van der Waals surface area contributed by atoms with Gasteiger partial charge in [-0.25, -0.2) is 5.48 Å². The maximum absolute atomic E-state index is 12.9. The van der Waals surface area contributed by atoms with Crippen LogP contribution in [0.3, 0.4) is 0 Å². The first-order valence-corrected chi connectivity index (χ1v) is 10.2. The molecule has 2 saturated carbocycles. The Morgan fingerprint density at radius 3 is 2.57 bits per heavy atom. The zero-order valence-electron chi connectivity index (χ0n) is 16.5. The lowest BCUT2D eigenvalue weighted by molar-refractivity contribution is -0.157. The lowest BCUT2D eigenvalue weighted by Crippen LogP contribution is -2.51. The number of amides is 1. The van der Waals surface area contributed by atoms with Crippen LogP contribution in [0.25, 0.3) is 6.08 Å². The van der Waals surface area contributed by atoms with Crippen molar-refractivity contribution in [3.05, 3.63) is 41.0 Å². The molecule has 1 aromatic rings. The second-order valence-electron chi connectivity index (χ2n) is 7.95. The highest BCUT2D eigenvalue weighted by atomic mass is 16.5. The molecule has 0 radical (unpaired) electrons. The highest BCUT2D eigenvalue weighted by Gasteiger charge is 2.43. The fourth-order valence-corrected chi connectivity index (χ4v) is 4.20. The van der Waals surface area contributed by atoms with Gasteiger partial charge in [-0.2, -0.15) is 0 Å². The van der Waals surface area contributed by atoms with Crippen molar-refractivity contribution in [3.63, 3.8) is 0 Å². The molecule has 0 heterocycles. The minimum absolute atomic E-state index is 0.0795. The summed E-state index contributed by atoms with van der Waals surface area (Å²) in [5.41, 5.74) is 4.08. The average molecular weight is 386 g/mol. The van der Waals surface area contributed by atoms with Crippen molar-refractivity contribution in [2.45, 2.75) is 76.5 Å². The van der Waals surface area contributed by atoms with Gasteiger partial charge in [0.15, 0.2) is 0 Å². The molecule has 3 rings (SSSR count). The molecule has 6 nitrogen and oxygen atoms in total. The van der Waals surface area contributed by atoms with Gasteiger partial charge >= 0.3 is 5.97 Å². The molecule has 0 bridgehead atoms. The topological polar surface area (TPSA) is 87.7 Å². The second kappa shape index (κ2) is 9.34. The molecule has 0 spiro atoms. The van der Waals surface area contributed by atoms with E-state index in [0.29, 0.717) is 6.54 Å². The maximum Gasteiger partial charge on any atom is 0.326 e. The number of hydrogen-bond donors (Lipinski definition) is 3. The smallest absolute Gasteiger partial charge is 0.326 e. The Balaban J connectivity index is 1.64. The first-order valence-electron chi connectivity index (χ1n) is 10.2. The SMILES string of the molecule is Cc1cc(C=CC(=O)NO)ccc1CNC1(C(=O)OC2CCCC2)CCCC1. The average Bonchev–Trinajstić information content (AvgIpc) is 3.38. The lowest BCUT2D eigenvalue weighted by atomic mass is 9.96. The molecule has 1 amide bonds. The number of aryl methyl sites for hydroxylation is 1. The quantitative estimate of drug-likeness (QED) is 0.289. The molecule has 0 saturated heterocycles. The Bertz CT molecular complexity index is 732. The number of nitrogens with one attached hydrogen (secondary N) is 2. The number of carbonyl (C=O) groups is 2. The molecule has 152 valence electrons. The van der Waals surface area contributed by atoms with Crippen LogP contribution in [0.5, 0.6) is 0 Å². The standard InChI is InChI=1S/C22H30N2O4/c1-16-14-17(9-11-20(25)24-27)8-10-18(16)15-23-22(12-4-5-13-22)21(26)28-19-6-2-3-7-19/h8-11,14,19,23,27H,2-7,12-13,15H2,1H3,(H,24,25). The molecular formula is C22H30N2O4. The van der Waals surface area contributed by atoms with Crippen molar-refractivity contribution in [3.8, 4) is 0 Å². The third kappa shape index (κ3) is 5.00. The summed E-state index contributed by atoms with van der Waals surface area (Å²) in [7, 11) is 0.